The van der Waals surface area contributed by atoms with E-state index in [0.29, 0.717) is 5.76 Å². The van der Waals surface area contributed by atoms with Crippen molar-refractivity contribution in [1.82, 2.24) is 10.2 Å². The van der Waals surface area contributed by atoms with Gasteiger partial charge in [0.15, 0.2) is 5.54 Å². The third-order valence-electron chi connectivity index (χ3n) is 5.49. The number of β-amino-alcohol motifs (C(OH)–C–C–N with tert-alkyl or cyclic N) is 1. The Morgan fingerprint density at radius 3 is 2.93 bits per heavy atom. The number of nitrogens with one attached hydrogen (secondary N) is 1. The minimum atomic E-state index is -1.26. The molecule has 0 bridgehead atoms. The first-order valence-corrected chi connectivity index (χ1v) is 9.54. The molecule has 28 heavy (non-hydrogen) atoms. The number of aliphatic hydroxyl groups is 1. The van der Waals surface area contributed by atoms with Crippen LogP contribution in [0.25, 0.3) is 0 Å². The van der Waals surface area contributed by atoms with Gasteiger partial charge in [-0.3, -0.25) is 9.69 Å². The van der Waals surface area contributed by atoms with Crippen molar-refractivity contribution in [2.75, 3.05) is 13.2 Å². The highest BCUT2D eigenvalue weighted by Crippen LogP contribution is 2.33. The predicted molar refractivity (Wildman–Crippen MR) is 100 cm³/mol. The van der Waals surface area contributed by atoms with Crippen LogP contribution < -0.4 is 5.32 Å². The maximum Gasteiger partial charge on any atom is 0.325 e. The molecule has 2 N–H and O–H groups in total. The van der Waals surface area contributed by atoms with E-state index < -0.39 is 23.6 Å². The molecule has 1 aliphatic heterocycles. The van der Waals surface area contributed by atoms with Gasteiger partial charge < -0.3 is 19.6 Å². The molecule has 1 fully saturated rings. The number of imide groups is 1. The van der Waals surface area contributed by atoms with Crippen LogP contribution in [0.15, 0.2) is 47.1 Å². The van der Waals surface area contributed by atoms with Gasteiger partial charge in [-0.05, 0) is 49.4 Å². The minimum Gasteiger partial charge on any atom is -0.466 e. The maximum absolute atomic E-state index is 12.8. The number of hydrogen-bond donors (Lipinski definition) is 2. The molecule has 0 radical (unpaired) electrons. The number of aryl methyl sites for hydroxylation is 1. The summed E-state index contributed by atoms with van der Waals surface area (Å²) in [7, 11) is 0. The second-order valence-electron chi connectivity index (χ2n) is 7.52. The van der Waals surface area contributed by atoms with Crippen LogP contribution in [0.4, 0.5) is 4.79 Å². The van der Waals surface area contributed by atoms with Crippen molar-refractivity contribution >= 4 is 11.9 Å². The molecule has 0 spiro atoms. The highest BCUT2D eigenvalue weighted by Gasteiger charge is 2.51. The van der Waals surface area contributed by atoms with Crippen molar-refractivity contribution in [3.63, 3.8) is 0 Å². The van der Waals surface area contributed by atoms with Crippen LogP contribution in [-0.4, -0.2) is 41.2 Å². The molecular weight excluding hydrogens is 360 g/mol. The molecule has 3 unspecified atom stereocenters. The van der Waals surface area contributed by atoms with Gasteiger partial charge in [-0.25, -0.2) is 4.79 Å². The van der Waals surface area contributed by atoms with Gasteiger partial charge in [-0.1, -0.05) is 24.3 Å². The van der Waals surface area contributed by atoms with E-state index >= 15 is 0 Å². The lowest BCUT2D eigenvalue weighted by Gasteiger charge is -2.27. The summed E-state index contributed by atoms with van der Waals surface area (Å²) < 4.78 is 11.2. The number of aliphatic hydroxyl groups excluding tert-OH is 1. The smallest absolute Gasteiger partial charge is 0.325 e. The molecule has 3 atom stereocenters. The van der Waals surface area contributed by atoms with Crippen LogP contribution >= 0.6 is 0 Å². The predicted octanol–water partition coefficient (Wildman–Crippen LogP) is 2.50. The summed E-state index contributed by atoms with van der Waals surface area (Å²) in [5.41, 5.74) is 1.17. The standard InChI is InChI=1S/C21H24N2O5/c1-21(18-10-5-11-27-18)19(25)23(20(26)22-21)12-15(24)13-28-17-9-4-7-14-6-2-3-8-16(14)17/h2-3,5-6,8,10-11,15,17,24H,4,7,9,12-13H2,1H3,(H,22,26). The second kappa shape index (κ2) is 7.41. The fraction of sp³-hybridized carbons (Fsp3) is 0.429. The quantitative estimate of drug-likeness (QED) is 0.747. The van der Waals surface area contributed by atoms with Gasteiger partial charge in [0.05, 0.1) is 31.6 Å². The highest BCUT2D eigenvalue weighted by molar-refractivity contribution is 6.06. The molecule has 0 saturated carbocycles. The third-order valence-corrected chi connectivity index (χ3v) is 5.49. The Morgan fingerprint density at radius 2 is 2.14 bits per heavy atom. The van der Waals surface area contributed by atoms with Crippen LogP contribution in [0.1, 0.15) is 42.8 Å². The van der Waals surface area contributed by atoms with E-state index in [-0.39, 0.29) is 19.3 Å². The first-order valence-electron chi connectivity index (χ1n) is 9.54. The van der Waals surface area contributed by atoms with Crippen LogP contribution in [0, 0.1) is 0 Å². The Bertz CT molecular complexity index is 865. The zero-order valence-electron chi connectivity index (χ0n) is 15.8. The van der Waals surface area contributed by atoms with Crippen molar-refractivity contribution in [3.05, 3.63) is 59.5 Å². The van der Waals surface area contributed by atoms with E-state index in [9.17, 15) is 14.7 Å². The number of hydrogen-bond acceptors (Lipinski definition) is 5. The van der Waals surface area contributed by atoms with Gasteiger partial charge in [0.25, 0.3) is 5.91 Å². The monoisotopic (exact) mass is 384 g/mol. The number of benzene rings is 1. The number of urea groups is 1. The largest absolute Gasteiger partial charge is 0.466 e. The maximum atomic E-state index is 12.8. The van der Waals surface area contributed by atoms with E-state index in [1.807, 2.05) is 12.1 Å². The van der Waals surface area contributed by atoms with Crippen molar-refractivity contribution in [2.45, 2.75) is 43.9 Å². The fourth-order valence-electron chi connectivity index (χ4n) is 3.97. The van der Waals surface area contributed by atoms with Crippen LogP contribution in [0.2, 0.25) is 0 Å². The molecule has 1 saturated heterocycles. The van der Waals surface area contributed by atoms with Gasteiger partial charge in [-0.2, -0.15) is 0 Å². The molecule has 1 aliphatic carbocycles. The highest BCUT2D eigenvalue weighted by atomic mass is 16.5. The van der Waals surface area contributed by atoms with Crippen molar-refractivity contribution < 1.29 is 23.8 Å². The zero-order chi connectivity index (χ0) is 19.7. The Kier molecular flexibility index (Phi) is 4.95. The number of carbonyl (C=O) groups is 2. The van der Waals surface area contributed by atoms with E-state index in [0.717, 1.165) is 29.7 Å². The number of nitrogens with zero attached hydrogens (tertiary/aromatic N) is 1. The minimum absolute atomic E-state index is 0.0491. The Hall–Kier alpha value is -2.64. The molecule has 2 aliphatic rings. The van der Waals surface area contributed by atoms with Crippen molar-refractivity contribution in [1.29, 1.82) is 0 Å². The number of ether oxygens (including phenoxy) is 1. The van der Waals surface area contributed by atoms with Gasteiger partial charge in [0, 0.05) is 0 Å². The molecule has 7 nitrogen and oxygen atoms in total. The number of amides is 3. The lowest BCUT2D eigenvalue weighted by atomic mass is 9.89. The van der Waals surface area contributed by atoms with Gasteiger partial charge in [-0.15, -0.1) is 0 Å². The summed E-state index contributed by atoms with van der Waals surface area (Å²) in [6.45, 7) is 1.51. The lowest BCUT2D eigenvalue weighted by molar-refractivity contribution is -0.133. The van der Waals surface area contributed by atoms with Gasteiger partial charge >= 0.3 is 6.03 Å². The summed E-state index contributed by atoms with van der Waals surface area (Å²) in [5.74, 6) is -0.0904. The molecule has 4 rings (SSSR count). The van der Waals surface area contributed by atoms with Gasteiger partial charge in [0.1, 0.15) is 5.76 Å². The molecule has 3 amide bonds. The molecule has 1 aromatic heterocycles. The first-order chi connectivity index (χ1) is 13.5. The average molecular weight is 384 g/mol. The fourth-order valence-corrected chi connectivity index (χ4v) is 3.97. The summed E-state index contributed by atoms with van der Waals surface area (Å²) in [6, 6.07) is 10.9. The summed E-state index contributed by atoms with van der Waals surface area (Å²) in [5, 5.41) is 13.1. The van der Waals surface area contributed by atoms with Crippen molar-refractivity contribution in [2.24, 2.45) is 0 Å². The number of rotatable bonds is 6. The van der Waals surface area contributed by atoms with E-state index in [1.165, 1.54) is 11.8 Å². The molecule has 1 aromatic carbocycles. The van der Waals surface area contributed by atoms with Crippen LogP contribution in [0.5, 0.6) is 0 Å². The van der Waals surface area contributed by atoms with E-state index in [2.05, 4.69) is 17.4 Å². The molecule has 2 heterocycles. The van der Waals surface area contributed by atoms with Crippen molar-refractivity contribution in [3.8, 4) is 0 Å². The van der Waals surface area contributed by atoms with Crippen LogP contribution in [0.3, 0.4) is 0 Å². The zero-order valence-corrected chi connectivity index (χ0v) is 15.8. The Morgan fingerprint density at radius 1 is 1.32 bits per heavy atom. The van der Waals surface area contributed by atoms with Gasteiger partial charge in [0.2, 0.25) is 0 Å². The first kappa shape index (κ1) is 18.7. The molecular formula is C21H24N2O5. The lowest BCUT2D eigenvalue weighted by Crippen LogP contribution is -2.42. The second-order valence-corrected chi connectivity index (χ2v) is 7.52. The SMILES string of the molecule is CC1(c2ccco2)NC(=O)N(CC(O)COC2CCCc3ccccc32)C1=O. The Balaban J connectivity index is 1.38. The van der Waals surface area contributed by atoms with E-state index in [1.54, 1.807) is 19.1 Å². The number of carbonyl (C=O) groups excluding carboxylic acids is 2. The topological polar surface area (TPSA) is 92.0 Å². The number of fused-ring (bicyclic) bond motifs is 1. The molecule has 148 valence electrons. The normalized spacial score (nSPS) is 25.5. The number of furan rings is 1. The average Bonchev–Trinajstić information content (AvgIpc) is 3.31. The summed E-state index contributed by atoms with van der Waals surface area (Å²) >= 11 is 0. The molecule has 2 aromatic rings. The van der Waals surface area contributed by atoms with E-state index in [4.69, 9.17) is 9.15 Å². The van der Waals surface area contributed by atoms with Crippen LogP contribution in [-0.2, 0) is 21.5 Å². The third kappa shape index (κ3) is 3.31. The summed E-state index contributed by atoms with van der Waals surface area (Å²) in [6.07, 6.45) is 3.37. The Labute approximate surface area is 163 Å². The molecule has 7 heteroatoms. The summed E-state index contributed by atoms with van der Waals surface area (Å²) in [4.78, 5) is 26.1.